The molecule has 0 radical (unpaired) electrons. The van der Waals surface area contributed by atoms with Crippen LogP contribution in [0.1, 0.15) is 39.7 Å². The number of fused-ring (bicyclic) bond motifs is 1. The van der Waals surface area contributed by atoms with Crippen LogP contribution in [-0.4, -0.2) is 15.7 Å². The average molecular weight is 307 g/mol. The van der Waals surface area contributed by atoms with Crippen molar-refractivity contribution in [1.82, 2.24) is 9.97 Å². The Bertz CT molecular complexity index is 818. The highest BCUT2D eigenvalue weighted by atomic mass is 16.4. The Morgan fingerprint density at radius 3 is 2.36 bits per heavy atom. The van der Waals surface area contributed by atoms with Crippen LogP contribution < -0.4 is 16.9 Å². The molecule has 0 aliphatic rings. The smallest absolute Gasteiger partial charge is 0.337 e. The number of aromatic nitrogens is 2. The Labute approximate surface area is 126 Å². The van der Waals surface area contributed by atoms with Gasteiger partial charge in [-0.15, -0.1) is 0 Å². The van der Waals surface area contributed by atoms with E-state index in [9.17, 15) is 14.4 Å². The normalized spacial score (nSPS) is 10.4. The molecule has 0 bridgehead atoms. The van der Waals surface area contributed by atoms with E-state index in [1.807, 2.05) is 0 Å². The van der Waals surface area contributed by atoms with Gasteiger partial charge in [0.15, 0.2) is 0 Å². The van der Waals surface area contributed by atoms with Crippen molar-refractivity contribution in [2.24, 2.45) is 5.92 Å². The second-order valence-electron chi connectivity index (χ2n) is 5.64. The van der Waals surface area contributed by atoms with Crippen LogP contribution in [0.2, 0.25) is 0 Å². The summed E-state index contributed by atoms with van der Waals surface area (Å²) >= 11 is 0. The maximum atomic E-state index is 11.7. The number of nitrogens with one attached hydrogen (secondary N) is 3. The molecule has 120 valence electrons. The van der Waals surface area contributed by atoms with Gasteiger partial charge in [-0.05, 0) is 38.2 Å². The lowest BCUT2D eigenvalue weighted by molar-refractivity contribution is 0.539. The maximum Gasteiger partial charge on any atom is 0.337 e. The molecule has 0 saturated heterocycles. The van der Waals surface area contributed by atoms with E-state index in [0.29, 0.717) is 23.6 Å². The first-order valence-electron chi connectivity index (χ1n) is 7.01. The quantitative estimate of drug-likeness (QED) is 0.749. The fraction of sp³-hybridized carbons (Fsp3) is 0.467. The first kappa shape index (κ1) is 17.6. The van der Waals surface area contributed by atoms with Crippen molar-refractivity contribution in [3.63, 3.8) is 0 Å². The van der Waals surface area contributed by atoms with Gasteiger partial charge in [-0.3, -0.25) is 14.8 Å². The molecule has 0 aliphatic heterocycles. The SMILES string of the molecule is CC(C)=N.CC(C)CCc1cc(=O)oc2[nH]c(=O)[nH]c(=O)c12. The first-order chi connectivity index (χ1) is 10.2. The van der Waals surface area contributed by atoms with Crippen molar-refractivity contribution in [3.8, 4) is 0 Å². The fourth-order valence-electron chi connectivity index (χ4n) is 1.82. The Morgan fingerprint density at radius 2 is 1.82 bits per heavy atom. The van der Waals surface area contributed by atoms with Gasteiger partial charge in [-0.1, -0.05) is 13.8 Å². The number of hydrogen-bond donors (Lipinski definition) is 3. The van der Waals surface area contributed by atoms with Crippen LogP contribution in [0.4, 0.5) is 0 Å². The lowest BCUT2D eigenvalue weighted by atomic mass is 10.0. The van der Waals surface area contributed by atoms with Crippen molar-refractivity contribution >= 4 is 16.8 Å². The summed E-state index contributed by atoms with van der Waals surface area (Å²) in [6.07, 6.45) is 1.44. The Morgan fingerprint density at radius 1 is 1.23 bits per heavy atom. The average Bonchev–Trinajstić information content (AvgIpc) is 2.33. The van der Waals surface area contributed by atoms with Gasteiger partial charge in [-0.2, -0.15) is 0 Å². The summed E-state index contributed by atoms with van der Waals surface area (Å²) in [5.41, 5.74) is -0.571. The molecule has 0 aliphatic carbocycles. The zero-order chi connectivity index (χ0) is 16.9. The van der Waals surface area contributed by atoms with E-state index in [2.05, 4.69) is 23.8 Å². The highest BCUT2D eigenvalue weighted by molar-refractivity contribution is 5.75. The molecule has 0 amide bonds. The van der Waals surface area contributed by atoms with E-state index in [4.69, 9.17) is 9.83 Å². The molecule has 0 atom stereocenters. The number of hydrogen-bond acceptors (Lipinski definition) is 5. The summed E-state index contributed by atoms with van der Waals surface area (Å²) in [6.45, 7) is 7.61. The molecule has 0 unspecified atom stereocenters. The van der Waals surface area contributed by atoms with Gasteiger partial charge in [-0.25, -0.2) is 9.59 Å². The predicted octanol–water partition coefficient (Wildman–Crippen LogP) is 1.80. The van der Waals surface area contributed by atoms with Crippen LogP contribution in [0.3, 0.4) is 0 Å². The summed E-state index contributed by atoms with van der Waals surface area (Å²) in [5.74, 6) is 0.453. The van der Waals surface area contributed by atoms with Crippen LogP contribution in [0, 0.1) is 11.3 Å². The van der Waals surface area contributed by atoms with Gasteiger partial charge in [0.05, 0.1) is 0 Å². The molecule has 0 spiro atoms. The van der Waals surface area contributed by atoms with E-state index in [-0.39, 0.29) is 11.1 Å². The Kier molecular flexibility index (Phi) is 6.03. The number of H-pyrrole nitrogens is 2. The molecule has 7 heteroatoms. The lowest BCUT2D eigenvalue weighted by Gasteiger charge is -2.06. The van der Waals surface area contributed by atoms with Crippen LogP contribution >= 0.6 is 0 Å². The summed E-state index contributed by atoms with van der Waals surface area (Å²) < 4.78 is 4.84. The zero-order valence-corrected chi connectivity index (χ0v) is 13.2. The molecule has 22 heavy (non-hydrogen) atoms. The second kappa shape index (κ2) is 7.53. The standard InChI is InChI=1S/C12H14N2O4.C3H7N/c1-6(2)3-4-7-5-8(15)18-11-9(7)10(16)13-12(17)14-11;1-3(2)4/h5-6H,3-4H2,1-2H3,(H2,13,14,16,17);4H,1-2H3. The molecule has 0 fully saturated rings. The van der Waals surface area contributed by atoms with Crippen LogP contribution in [0.5, 0.6) is 0 Å². The Hall–Kier alpha value is -2.44. The molecular weight excluding hydrogens is 286 g/mol. The number of rotatable bonds is 3. The maximum absolute atomic E-state index is 11.7. The van der Waals surface area contributed by atoms with Crippen molar-refractivity contribution in [2.45, 2.75) is 40.5 Å². The van der Waals surface area contributed by atoms with Gasteiger partial charge >= 0.3 is 11.3 Å². The molecule has 0 aromatic carbocycles. The van der Waals surface area contributed by atoms with Crippen molar-refractivity contribution in [3.05, 3.63) is 42.9 Å². The number of aryl methyl sites for hydroxylation is 1. The van der Waals surface area contributed by atoms with Crippen LogP contribution in [-0.2, 0) is 6.42 Å². The monoisotopic (exact) mass is 307 g/mol. The predicted molar refractivity (Wildman–Crippen MR) is 86.0 cm³/mol. The highest BCUT2D eigenvalue weighted by Crippen LogP contribution is 2.13. The summed E-state index contributed by atoms with van der Waals surface area (Å²) in [5, 5.41) is 6.75. The lowest BCUT2D eigenvalue weighted by Crippen LogP contribution is -2.24. The van der Waals surface area contributed by atoms with Gasteiger partial charge in [0, 0.05) is 11.8 Å². The van der Waals surface area contributed by atoms with E-state index >= 15 is 0 Å². The van der Waals surface area contributed by atoms with Crippen LogP contribution in [0.25, 0.3) is 11.1 Å². The third kappa shape index (κ3) is 5.16. The third-order valence-corrected chi connectivity index (χ3v) is 2.72. The fourth-order valence-corrected chi connectivity index (χ4v) is 1.82. The molecule has 7 nitrogen and oxygen atoms in total. The highest BCUT2D eigenvalue weighted by Gasteiger charge is 2.11. The van der Waals surface area contributed by atoms with Gasteiger partial charge in [0.25, 0.3) is 5.56 Å². The number of aromatic amines is 2. The minimum atomic E-state index is -0.684. The minimum absolute atomic E-state index is 0.0602. The summed E-state index contributed by atoms with van der Waals surface area (Å²) in [7, 11) is 0. The van der Waals surface area contributed by atoms with E-state index < -0.39 is 16.9 Å². The summed E-state index contributed by atoms with van der Waals surface area (Å²) in [4.78, 5) is 38.7. The topological polar surface area (TPSA) is 120 Å². The molecule has 2 aromatic rings. The van der Waals surface area contributed by atoms with E-state index in [1.165, 1.54) is 6.07 Å². The van der Waals surface area contributed by atoms with E-state index in [0.717, 1.165) is 6.42 Å². The Balaban J connectivity index is 0.000000541. The van der Waals surface area contributed by atoms with Gasteiger partial charge in [0.2, 0.25) is 5.71 Å². The molecule has 2 aromatic heterocycles. The zero-order valence-electron chi connectivity index (χ0n) is 13.2. The van der Waals surface area contributed by atoms with Crippen molar-refractivity contribution in [1.29, 1.82) is 5.41 Å². The van der Waals surface area contributed by atoms with E-state index in [1.54, 1.807) is 13.8 Å². The largest absolute Gasteiger partial charge is 0.405 e. The van der Waals surface area contributed by atoms with Gasteiger partial charge in [0.1, 0.15) is 5.39 Å². The van der Waals surface area contributed by atoms with Crippen molar-refractivity contribution in [2.75, 3.05) is 0 Å². The molecule has 2 rings (SSSR count). The van der Waals surface area contributed by atoms with Gasteiger partial charge < -0.3 is 9.83 Å². The second-order valence-corrected chi connectivity index (χ2v) is 5.64. The third-order valence-electron chi connectivity index (χ3n) is 2.72. The van der Waals surface area contributed by atoms with Crippen molar-refractivity contribution < 1.29 is 4.42 Å². The molecular formula is C15H21N3O4. The molecule has 3 N–H and O–H groups in total. The first-order valence-corrected chi connectivity index (χ1v) is 7.01. The summed E-state index contributed by atoms with van der Waals surface area (Å²) in [6, 6.07) is 1.30. The van der Waals surface area contributed by atoms with Crippen LogP contribution in [0.15, 0.2) is 24.9 Å². The molecule has 0 saturated carbocycles. The minimum Gasteiger partial charge on any atom is -0.405 e. The molecule has 2 heterocycles.